The fraction of sp³-hybridized carbons (Fsp3) is 0.565. The van der Waals surface area contributed by atoms with Crippen LogP contribution in [0.15, 0.2) is 30.0 Å². The van der Waals surface area contributed by atoms with Crippen molar-refractivity contribution < 1.29 is 22.6 Å². The Morgan fingerprint density at radius 2 is 2.03 bits per heavy atom. The summed E-state index contributed by atoms with van der Waals surface area (Å²) in [4.78, 5) is 6.40. The molecule has 7 nitrogen and oxygen atoms in total. The fourth-order valence-corrected chi connectivity index (χ4v) is 5.12. The van der Waals surface area contributed by atoms with Crippen LogP contribution in [-0.4, -0.2) is 58.4 Å². The molecule has 2 N–H and O–H groups in total. The van der Waals surface area contributed by atoms with Crippen molar-refractivity contribution >= 4 is 5.82 Å². The third-order valence-electron chi connectivity index (χ3n) is 6.66. The average molecular weight is 464 g/mol. The number of alkyl halides is 3. The lowest BCUT2D eigenvalue weighted by Gasteiger charge is -2.26. The summed E-state index contributed by atoms with van der Waals surface area (Å²) in [6.07, 6.45) is 1.14. The molecule has 0 unspecified atom stereocenters. The minimum Gasteiger partial charge on any atom is -0.402 e. The molecule has 2 aromatic heterocycles. The summed E-state index contributed by atoms with van der Waals surface area (Å²) >= 11 is 0. The van der Waals surface area contributed by atoms with Crippen molar-refractivity contribution in [3.8, 4) is 17.0 Å². The third kappa shape index (κ3) is 4.46. The van der Waals surface area contributed by atoms with E-state index in [0.29, 0.717) is 29.1 Å². The van der Waals surface area contributed by atoms with E-state index >= 15 is 0 Å². The maximum atomic E-state index is 12.7. The molecule has 3 aliphatic rings. The predicted molar refractivity (Wildman–Crippen MR) is 117 cm³/mol. The average Bonchev–Trinajstić information content (AvgIpc) is 3.08. The van der Waals surface area contributed by atoms with Crippen LogP contribution >= 0.6 is 0 Å². The molecule has 10 heteroatoms. The lowest BCUT2D eigenvalue weighted by atomic mass is 10.1. The second-order valence-electron chi connectivity index (χ2n) is 9.20. The smallest absolute Gasteiger partial charge is 0.402 e. The van der Waals surface area contributed by atoms with Crippen LogP contribution in [0.25, 0.3) is 11.3 Å². The Morgan fingerprint density at radius 1 is 1.21 bits per heavy atom. The van der Waals surface area contributed by atoms with E-state index in [1.54, 1.807) is 0 Å². The van der Waals surface area contributed by atoms with Gasteiger partial charge >= 0.3 is 6.36 Å². The number of ether oxygens (including phenoxy) is 2. The second-order valence-corrected chi connectivity index (χ2v) is 9.20. The van der Waals surface area contributed by atoms with E-state index in [4.69, 9.17) is 15.6 Å². The van der Waals surface area contributed by atoms with Crippen LogP contribution in [0.2, 0.25) is 0 Å². The molecule has 3 atom stereocenters. The Balaban J connectivity index is 1.40. The minimum absolute atomic E-state index is 0.113. The van der Waals surface area contributed by atoms with Crippen LogP contribution in [-0.2, 0) is 4.74 Å². The van der Waals surface area contributed by atoms with Gasteiger partial charge in [-0.1, -0.05) is 11.6 Å². The van der Waals surface area contributed by atoms with Crippen molar-refractivity contribution in [3.63, 3.8) is 0 Å². The molecule has 178 valence electrons. The standard InChI is InChI=1S/C23H28F3N5O2/c1-13(2)31-19(21-16-9-15(10-17(16)21)30-4-3-6-32-7-5-30)11-18(29-31)14-8-20(22(27)28-12-14)33-23(24,25)26/h8-9,11-13,15,17,21H,3-7,10H2,1-2H3,(H2,27,28)/t15-,17-,21-/m1/s1. The highest BCUT2D eigenvalue weighted by Gasteiger charge is 2.52. The number of nitrogens with two attached hydrogens (primary N) is 1. The van der Waals surface area contributed by atoms with Gasteiger partial charge in [0.15, 0.2) is 11.6 Å². The van der Waals surface area contributed by atoms with E-state index in [2.05, 4.69) is 20.7 Å². The van der Waals surface area contributed by atoms with Crippen LogP contribution in [0.4, 0.5) is 19.0 Å². The van der Waals surface area contributed by atoms with Crippen molar-refractivity contribution in [1.29, 1.82) is 0 Å². The molecule has 2 aliphatic carbocycles. The first kappa shape index (κ1) is 22.2. The van der Waals surface area contributed by atoms with Crippen LogP contribution in [0.3, 0.4) is 0 Å². The number of hydrogen-bond donors (Lipinski definition) is 1. The van der Waals surface area contributed by atoms with Gasteiger partial charge in [-0.25, -0.2) is 4.98 Å². The Kier molecular flexibility index (Phi) is 5.60. The normalized spacial score (nSPS) is 25.6. The number of anilines is 1. The summed E-state index contributed by atoms with van der Waals surface area (Å²) in [5, 5.41) is 4.70. The maximum Gasteiger partial charge on any atom is 0.573 e. The summed E-state index contributed by atoms with van der Waals surface area (Å²) in [6, 6.07) is 3.78. The summed E-state index contributed by atoms with van der Waals surface area (Å²) < 4.78 is 49.7. The first-order chi connectivity index (χ1) is 15.7. The highest BCUT2D eigenvalue weighted by atomic mass is 19.4. The summed E-state index contributed by atoms with van der Waals surface area (Å²) in [5.74, 6) is -0.0296. The third-order valence-corrected chi connectivity index (χ3v) is 6.66. The summed E-state index contributed by atoms with van der Waals surface area (Å²) in [5.41, 5.74) is 9.11. The Bertz CT molecular complexity index is 1060. The maximum absolute atomic E-state index is 12.7. The zero-order chi connectivity index (χ0) is 23.3. The molecule has 0 aromatic carbocycles. The molecule has 1 aliphatic heterocycles. The molecular weight excluding hydrogens is 435 g/mol. The van der Waals surface area contributed by atoms with Gasteiger partial charge < -0.3 is 15.2 Å². The number of fused-ring (bicyclic) bond motifs is 1. The molecule has 0 amide bonds. The molecule has 0 spiro atoms. The van der Waals surface area contributed by atoms with E-state index in [-0.39, 0.29) is 11.9 Å². The van der Waals surface area contributed by atoms with E-state index in [1.165, 1.54) is 17.8 Å². The van der Waals surface area contributed by atoms with Crippen LogP contribution in [0.5, 0.6) is 5.75 Å². The number of allylic oxidation sites excluding steroid dienone is 1. The Morgan fingerprint density at radius 3 is 2.73 bits per heavy atom. The molecule has 0 radical (unpaired) electrons. The summed E-state index contributed by atoms with van der Waals surface area (Å²) in [6.45, 7) is 7.74. The number of nitrogens with zero attached hydrogens (tertiary/aromatic N) is 4. The molecule has 1 saturated carbocycles. The highest BCUT2D eigenvalue weighted by Crippen LogP contribution is 2.60. The molecule has 33 heavy (non-hydrogen) atoms. The van der Waals surface area contributed by atoms with Crippen molar-refractivity contribution in [2.24, 2.45) is 5.92 Å². The van der Waals surface area contributed by atoms with Crippen molar-refractivity contribution in [3.05, 3.63) is 35.7 Å². The molecule has 1 saturated heterocycles. The van der Waals surface area contributed by atoms with Gasteiger partial charge in [-0.15, -0.1) is 13.2 Å². The summed E-state index contributed by atoms with van der Waals surface area (Å²) in [7, 11) is 0. The number of nitrogen functional groups attached to an aromatic ring is 1. The van der Waals surface area contributed by atoms with Gasteiger partial charge in [-0.2, -0.15) is 5.10 Å². The molecule has 3 heterocycles. The Labute approximate surface area is 190 Å². The lowest BCUT2D eigenvalue weighted by Crippen LogP contribution is -2.35. The van der Waals surface area contributed by atoms with Crippen molar-refractivity contribution in [2.75, 3.05) is 32.0 Å². The minimum atomic E-state index is -4.84. The first-order valence-electron chi connectivity index (χ1n) is 11.4. The SMILES string of the molecule is CC(C)n1nc(-c2cnc(N)c(OC(F)(F)F)c2)cc1[C@@H]1C2=C[C@@H](N3CCCOCC3)C[C@H]21. The van der Waals surface area contributed by atoms with Gasteiger partial charge in [0.1, 0.15) is 0 Å². The number of halogens is 3. The lowest BCUT2D eigenvalue weighted by molar-refractivity contribution is -0.274. The van der Waals surface area contributed by atoms with Crippen molar-refractivity contribution in [1.82, 2.24) is 19.7 Å². The Hall–Kier alpha value is -2.59. The van der Waals surface area contributed by atoms with E-state index in [1.807, 2.05) is 24.6 Å². The fourth-order valence-electron chi connectivity index (χ4n) is 5.12. The number of rotatable bonds is 5. The van der Waals surface area contributed by atoms with E-state index < -0.39 is 12.1 Å². The van der Waals surface area contributed by atoms with Gasteiger partial charge in [0.2, 0.25) is 0 Å². The van der Waals surface area contributed by atoms with Crippen molar-refractivity contribution in [2.45, 2.75) is 51.1 Å². The highest BCUT2D eigenvalue weighted by molar-refractivity contribution is 5.65. The monoisotopic (exact) mass is 463 g/mol. The molecule has 0 bridgehead atoms. The topological polar surface area (TPSA) is 78.4 Å². The molecular formula is C23H28F3N5O2. The van der Waals surface area contributed by atoms with Gasteiger partial charge in [0.25, 0.3) is 0 Å². The first-order valence-corrected chi connectivity index (χ1v) is 11.4. The van der Waals surface area contributed by atoms with Crippen LogP contribution in [0.1, 0.15) is 44.3 Å². The zero-order valence-corrected chi connectivity index (χ0v) is 18.7. The molecule has 2 fully saturated rings. The zero-order valence-electron chi connectivity index (χ0n) is 18.7. The largest absolute Gasteiger partial charge is 0.573 e. The van der Waals surface area contributed by atoms with Gasteiger partial charge in [-0.3, -0.25) is 9.58 Å². The van der Waals surface area contributed by atoms with Gasteiger partial charge in [-0.05, 0) is 44.7 Å². The van der Waals surface area contributed by atoms with E-state index in [9.17, 15) is 13.2 Å². The number of hydrogen-bond acceptors (Lipinski definition) is 6. The van der Waals surface area contributed by atoms with Crippen LogP contribution in [0, 0.1) is 5.92 Å². The number of pyridine rings is 1. The van der Waals surface area contributed by atoms with Gasteiger partial charge in [0.05, 0.1) is 12.3 Å². The quantitative estimate of drug-likeness (QED) is 0.672. The molecule has 2 aromatic rings. The predicted octanol–water partition coefficient (Wildman–Crippen LogP) is 4.14. The molecule has 5 rings (SSSR count). The van der Waals surface area contributed by atoms with Crippen LogP contribution < -0.4 is 10.5 Å². The second kappa shape index (κ2) is 8.32. The number of aromatic nitrogens is 3. The van der Waals surface area contributed by atoms with E-state index in [0.717, 1.165) is 44.8 Å². The van der Waals surface area contributed by atoms with Gasteiger partial charge in [0, 0.05) is 55.2 Å².